The van der Waals surface area contributed by atoms with Gasteiger partial charge in [0, 0.05) is 43.0 Å². The van der Waals surface area contributed by atoms with Crippen molar-refractivity contribution in [1.82, 2.24) is 15.0 Å². The van der Waals surface area contributed by atoms with E-state index < -0.39 is 4.92 Å². The maximum atomic E-state index is 11.0. The van der Waals surface area contributed by atoms with E-state index in [-0.39, 0.29) is 5.69 Å². The Hall–Kier alpha value is -3.30. The second kappa shape index (κ2) is 9.02. The lowest BCUT2D eigenvalue weighted by atomic mass is 10.1. The molecule has 0 saturated carbocycles. The normalized spacial score (nSPS) is 14.3. The summed E-state index contributed by atoms with van der Waals surface area (Å²) in [5, 5.41) is 15.0. The molecule has 0 N–H and O–H groups in total. The first kappa shape index (κ1) is 20.0. The Labute approximate surface area is 174 Å². The topological polar surface area (TPSA) is 97.8 Å². The Bertz CT molecular complexity index is 1020. The van der Waals surface area contributed by atoms with Gasteiger partial charge in [-0.2, -0.15) is 4.98 Å². The van der Waals surface area contributed by atoms with E-state index in [9.17, 15) is 10.1 Å². The molecule has 0 bridgehead atoms. The minimum Gasteiger partial charge on any atom is -0.378 e. The van der Waals surface area contributed by atoms with Crippen LogP contribution in [0.3, 0.4) is 0 Å². The van der Waals surface area contributed by atoms with Crippen molar-refractivity contribution < 1.29 is 14.2 Å². The number of aromatic nitrogens is 2. The lowest BCUT2D eigenvalue weighted by Gasteiger charge is -2.31. The zero-order valence-electron chi connectivity index (χ0n) is 16.7. The third-order valence-corrected chi connectivity index (χ3v) is 4.97. The molecule has 1 aromatic heterocycles. The smallest absolute Gasteiger partial charge is 0.270 e. The first-order chi connectivity index (χ1) is 14.6. The highest BCUT2D eigenvalue weighted by atomic mass is 16.6. The Morgan fingerprint density at radius 1 is 1.13 bits per heavy atom. The lowest BCUT2D eigenvalue weighted by molar-refractivity contribution is -0.384. The molecule has 30 heavy (non-hydrogen) atoms. The number of nitrogens with zero attached hydrogens (tertiary/aromatic N) is 5. The number of ether oxygens (including phenoxy) is 1. The van der Waals surface area contributed by atoms with Gasteiger partial charge in [-0.1, -0.05) is 35.5 Å². The van der Waals surface area contributed by atoms with Gasteiger partial charge in [0.05, 0.1) is 24.7 Å². The van der Waals surface area contributed by atoms with Crippen molar-refractivity contribution in [1.29, 1.82) is 0 Å². The summed E-state index contributed by atoms with van der Waals surface area (Å²) < 4.78 is 10.8. The molecule has 1 aliphatic rings. The number of hydrogen-bond acceptors (Lipinski definition) is 8. The third kappa shape index (κ3) is 4.64. The quantitative estimate of drug-likeness (QED) is 0.434. The van der Waals surface area contributed by atoms with Gasteiger partial charge in [0.15, 0.2) is 0 Å². The van der Waals surface area contributed by atoms with E-state index in [1.807, 2.05) is 13.1 Å². The molecule has 0 spiro atoms. The molecular weight excluding hydrogens is 386 g/mol. The minimum absolute atomic E-state index is 0.00399. The fourth-order valence-electron chi connectivity index (χ4n) is 3.53. The summed E-state index contributed by atoms with van der Waals surface area (Å²) in [5.74, 6) is 0.804. The van der Waals surface area contributed by atoms with Crippen LogP contribution in [0.25, 0.3) is 11.4 Å². The average Bonchev–Trinajstić information content (AvgIpc) is 3.23. The molecule has 1 fully saturated rings. The number of anilines is 1. The molecule has 156 valence electrons. The SMILES string of the molecule is CN(Cc1nc(-c2cccc([N+](=O)[O-])c2)no1)Cc1ccccc1N1CCOCC1. The number of non-ortho nitro benzene ring substituents is 1. The van der Waals surface area contributed by atoms with E-state index in [1.165, 1.54) is 23.4 Å². The zero-order chi connectivity index (χ0) is 20.9. The Balaban J connectivity index is 1.44. The molecule has 9 nitrogen and oxygen atoms in total. The number of para-hydroxylation sites is 1. The molecule has 1 aliphatic heterocycles. The Morgan fingerprint density at radius 3 is 2.73 bits per heavy atom. The van der Waals surface area contributed by atoms with Gasteiger partial charge in [-0.3, -0.25) is 15.0 Å². The molecule has 0 atom stereocenters. The first-order valence-electron chi connectivity index (χ1n) is 9.77. The van der Waals surface area contributed by atoms with Crippen molar-refractivity contribution in [3.05, 3.63) is 70.1 Å². The van der Waals surface area contributed by atoms with E-state index in [0.717, 1.165) is 32.8 Å². The standard InChI is InChI=1S/C21H23N5O4/c1-24(14-17-5-2-3-8-19(17)25-9-11-29-12-10-25)15-20-22-21(23-30-20)16-6-4-7-18(13-16)26(27)28/h2-8,13H,9-12,14-15H2,1H3. The van der Waals surface area contributed by atoms with Crippen molar-refractivity contribution in [2.75, 3.05) is 38.3 Å². The number of rotatable bonds is 7. The molecule has 0 aliphatic carbocycles. The molecule has 0 unspecified atom stereocenters. The van der Waals surface area contributed by atoms with Crippen LogP contribution in [0, 0.1) is 10.1 Å². The van der Waals surface area contributed by atoms with E-state index in [1.54, 1.807) is 12.1 Å². The highest BCUT2D eigenvalue weighted by Crippen LogP contribution is 2.24. The van der Waals surface area contributed by atoms with Gasteiger partial charge in [0.1, 0.15) is 0 Å². The van der Waals surface area contributed by atoms with Crippen LogP contribution in [-0.2, 0) is 17.8 Å². The molecule has 9 heteroatoms. The number of hydrogen-bond donors (Lipinski definition) is 0. The third-order valence-electron chi connectivity index (χ3n) is 4.97. The van der Waals surface area contributed by atoms with E-state index in [0.29, 0.717) is 23.8 Å². The Kier molecular flexibility index (Phi) is 6.01. The minimum atomic E-state index is -0.440. The molecule has 3 aromatic rings. The van der Waals surface area contributed by atoms with E-state index in [4.69, 9.17) is 9.26 Å². The van der Waals surface area contributed by atoms with Crippen molar-refractivity contribution in [3.63, 3.8) is 0 Å². The summed E-state index contributed by atoms with van der Waals surface area (Å²) in [4.78, 5) is 19.4. The van der Waals surface area contributed by atoms with Crippen molar-refractivity contribution in [2.24, 2.45) is 0 Å². The fourth-order valence-corrected chi connectivity index (χ4v) is 3.53. The van der Waals surface area contributed by atoms with Crippen LogP contribution in [0.4, 0.5) is 11.4 Å². The number of nitro groups is 1. The van der Waals surface area contributed by atoms with Crippen LogP contribution in [0.5, 0.6) is 0 Å². The number of nitro benzene ring substituents is 1. The molecule has 2 heterocycles. The zero-order valence-corrected chi connectivity index (χ0v) is 16.7. The summed E-state index contributed by atoms with van der Waals surface area (Å²) >= 11 is 0. The van der Waals surface area contributed by atoms with E-state index >= 15 is 0 Å². The maximum Gasteiger partial charge on any atom is 0.270 e. The van der Waals surface area contributed by atoms with Gasteiger partial charge in [0.25, 0.3) is 5.69 Å². The van der Waals surface area contributed by atoms with Crippen LogP contribution >= 0.6 is 0 Å². The summed E-state index contributed by atoms with van der Waals surface area (Å²) in [6, 6.07) is 14.6. The summed E-state index contributed by atoms with van der Waals surface area (Å²) in [6.45, 7) is 4.45. The van der Waals surface area contributed by atoms with Gasteiger partial charge in [-0.05, 0) is 18.7 Å². The molecule has 0 radical (unpaired) electrons. The number of morpholine rings is 1. The second-order valence-electron chi connectivity index (χ2n) is 7.22. The average molecular weight is 409 g/mol. The van der Waals surface area contributed by atoms with Gasteiger partial charge in [-0.15, -0.1) is 0 Å². The Morgan fingerprint density at radius 2 is 1.93 bits per heavy atom. The summed E-state index contributed by atoms with van der Waals surface area (Å²) in [7, 11) is 1.99. The summed E-state index contributed by atoms with van der Waals surface area (Å²) in [6.07, 6.45) is 0. The van der Waals surface area contributed by atoms with Crippen LogP contribution in [0.1, 0.15) is 11.5 Å². The van der Waals surface area contributed by atoms with Crippen LogP contribution in [-0.4, -0.2) is 53.3 Å². The molecular formula is C21H23N5O4. The van der Waals surface area contributed by atoms with Crippen LogP contribution < -0.4 is 4.90 Å². The predicted molar refractivity (Wildman–Crippen MR) is 111 cm³/mol. The molecule has 1 saturated heterocycles. The highest BCUT2D eigenvalue weighted by Gasteiger charge is 2.17. The van der Waals surface area contributed by atoms with Crippen LogP contribution in [0.15, 0.2) is 53.1 Å². The van der Waals surface area contributed by atoms with Gasteiger partial charge < -0.3 is 14.2 Å². The van der Waals surface area contributed by atoms with Crippen molar-refractivity contribution in [3.8, 4) is 11.4 Å². The number of benzene rings is 2. The largest absolute Gasteiger partial charge is 0.378 e. The molecule has 2 aromatic carbocycles. The highest BCUT2D eigenvalue weighted by molar-refractivity contribution is 5.58. The van der Waals surface area contributed by atoms with Gasteiger partial charge in [-0.25, -0.2) is 0 Å². The second-order valence-corrected chi connectivity index (χ2v) is 7.22. The van der Waals surface area contributed by atoms with Crippen molar-refractivity contribution >= 4 is 11.4 Å². The first-order valence-corrected chi connectivity index (χ1v) is 9.77. The predicted octanol–water partition coefficient (Wildman–Crippen LogP) is 3.11. The summed E-state index contributed by atoms with van der Waals surface area (Å²) in [5.41, 5.74) is 2.99. The van der Waals surface area contributed by atoms with Crippen molar-refractivity contribution in [2.45, 2.75) is 13.1 Å². The van der Waals surface area contributed by atoms with Gasteiger partial charge in [0.2, 0.25) is 11.7 Å². The monoisotopic (exact) mass is 409 g/mol. The van der Waals surface area contributed by atoms with Crippen LogP contribution in [0.2, 0.25) is 0 Å². The maximum absolute atomic E-state index is 11.0. The fraction of sp³-hybridized carbons (Fsp3) is 0.333. The molecule has 0 amide bonds. The van der Waals surface area contributed by atoms with E-state index in [2.05, 4.69) is 38.1 Å². The lowest BCUT2D eigenvalue weighted by Crippen LogP contribution is -2.37. The van der Waals surface area contributed by atoms with Gasteiger partial charge >= 0.3 is 0 Å². The molecule has 4 rings (SSSR count).